The minimum atomic E-state index is 0.165. The third-order valence-corrected chi connectivity index (χ3v) is 5.20. The molecule has 2 N–H and O–H groups in total. The second-order valence-corrected chi connectivity index (χ2v) is 6.42. The van der Waals surface area contributed by atoms with Crippen molar-refractivity contribution >= 4 is 11.3 Å². The van der Waals surface area contributed by atoms with Crippen LogP contribution in [0.2, 0.25) is 0 Å². The van der Waals surface area contributed by atoms with Crippen LogP contribution < -0.4 is 5.73 Å². The monoisotopic (exact) mass is 298 g/mol. The molecule has 0 aliphatic carbocycles. The van der Waals surface area contributed by atoms with Gasteiger partial charge in [-0.15, -0.1) is 11.3 Å². The van der Waals surface area contributed by atoms with Crippen LogP contribution in [-0.2, 0) is 4.74 Å². The van der Waals surface area contributed by atoms with Gasteiger partial charge in [-0.05, 0) is 43.7 Å². The average Bonchev–Trinajstić information content (AvgIpc) is 2.87. The number of hydrogen-bond acceptors (Lipinski definition) is 4. The number of hydrogen-bond donors (Lipinski definition) is 1. The predicted octanol–water partition coefficient (Wildman–Crippen LogP) is 3.58. The third-order valence-electron chi connectivity index (χ3n) is 4.12. The topological polar surface area (TPSA) is 38.5 Å². The van der Waals surface area contributed by atoms with Crippen LogP contribution in [0.5, 0.6) is 0 Å². The Balaban J connectivity index is 3.07. The summed E-state index contributed by atoms with van der Waals surface area (Å²) in [7, 11) is 1.76. The maximum atomic E-state index is 6.47. The Bertz CT molecular complexity index is 380. The van der Waals surface area contributed by atoms with E-state index in [-0.39, 0.29) is 6.04 Å². The van der Waals surface area contributed by atoms with Crippen molar-refractivity contribution in [2.45, 2.75) is 58.7 Å². The molecule has 1 aromatic rings. The van der Waals surface area contributed by atoms with E-state index in [0.717, 1.165) is 26.0 Å². The third kappa shape index (κ3) is 4.29. The number of rotatable bonds is 9. The molecule has 4 heteroatoms. The van der Waals surface area contributed by atoms with E-state index < -0.39 is 0 Å². The van der Waals surface area contributed by atoms with E-state index in [2.05, 4.69) is 44.0 Å². The van der Waals surface area contributed by atoms with Gasteiger partial charge >= 0.3 is 0 Å². The molecule has 3 atom stereocenters. The van der Waals surface area contributed by atoms with Gasteiger partial charge in [0.2, 0.25) is 0 Å². The second kappa shape index (κ2) is 8.78. The van der Waals surface area contributed by atoms with Crippen molar-refractivity contribution in [1.82, 2.24) is 4.90 Å². The minimum absolute atomic E-state index is 0.165. The first-order valence-corrected chi connectivity index (χ1v) is 8.48. The largest absolute Gasteiger partial charge is 0.383 e. The van der Waals surface area contributed by atoms with Crippen LogP contribution in [-0.4, -0.2) is 37.2 Å². The van der Waals surface area contributed by atoms with Crippen molar-refractivity contribution in [3.05, 3.63) is 21.9 Å². The molecule has 0 aliphatic heterocycles. The molecule has 1 heterocycles. The molecule has 0 spiro atoms. The Hall–Kier alpha value is -0.420. The number of aryl methyl sites for hydroxylation is 1. The van der Waals surface area contributed by atoms with Crippen LogP contribution in [0.1, 0.15) is 50.1 Å². The molecule has 0 radical (unpaired) electrons. The van der Waals surface area contributed by atoms with Gasteiger partial charge in [0, 0.05) is 30.6 Å². The van der Waals surface area contributed by atoms with Crippen molar-refractivity contribution in [2.24, 2.45) is 5.73 Å². The molecule has 0 saturated heterocycles. The Labute approximate surface area is 128 Å². The van der Waals surface area contributed by atoms with Gasteiger partial charge in [0.25, 0.3) is 0 Å². The zero-order valence-corrected chi connectivity index (χ0v) is 14.4. The van der Waals surface area contributed by atoms with Crippen LogP contribution in [0.3, 0.4) is 0 Å². The van der Waals surface area contributed by atoms with Crippen molar-refractivity contribution in [3.63, 3.8) is 0 Å². The highest BCUT2D eigenvalue weighted by Gasteiger charge is 2.30. The van der Waals surface area contributed by atoms with Gasteiger partial charge < -0.3 is 10.5 Å². The van der Waals surface area contributed by atoms with Gasteiger partial charge in [-0.25, -0.2) is 0 Å². The smallest absolute Gasteiger partial charge is 0.0599 e. The summed E-state index contributed by atoms with van der Waals surface area (Å²) in [6.45, 7) is 10.6. The quantitative estimate of drug-likeness (QED) is 0.757. The molecule has 3 nitrogen and oxygen atoms in total. The van der Waals surface area contributed by atoms with Crippen molar-refractivity contribution in [2.75, 3.05) is 20.3 Å². The zero-order valence-electron chi connectivity index (χ0n) is 13.6. The lowest BCUT2D eigenvalue weighted by molar-refractivity contribution is 0.0767. The first-order chi connectivity index (χ1) is 9.56. The summed E-state index contributed by atoms with van der Waals surface area (Å²) in [5, 5.41) is 2.17. The fourth-order valence-corrected chi connectivity index (χ4v) is 3.69. The number of ether oxygens (including phenoxy) is 1. The van der Waals surface area contributed by atoms with E-state index in [0.29, 0.717) is 12.1 Å². The van der Waals surface area contributed by atoms with Crippen molar-refractivity contribution in [1.29, 1.82) is 0 Å². The molecular formula is C16H30N2OS. The Morgan fingerprint density at radius 2 is 2.05 bits per heavy atom. The summed E-state index contributed by atoms with van der Waals surface area (Å²) >= 11 is 1.83. The summed E-state index contributed by atoms with van der Waals surface area (Å²) in [6.07, 6.45) is 2.11. The van der Waals surface area contributed by atoms with Crippen LogP contribution in [0.15, 0.2) is 11.4 Å². The lowest BCUT2D eigenvalue weighted by Gasteiger charge is -2.39. The maximum Gasteiger partial charge on any atom is 0.0599 e. The van der Waals surface area contributed by atoms with Gasteiger partial charge in [-0.2, -0.15) is 0 Å². The second-order valence-electron chi connectivity index (χ2n) is 5.47. The van der Waals surface area contributed by atoms with Gasteiger partial charge in [0.1, 0.15) is 0 Å². The zero-order chi connectivity index (χ0) is 15.1. The molecule has 3 unspecified atom stereocenters. The molecule has 1 rings (SSSR count). The summed E-state index contributed by atoms with van der Waals surface area (Å²) < 4.78 is 5.30. The Kier molecular flexibility index (Phi) is 7.74. The fourth-order valence-electron chi connectivity index (χ4n) is 2.57. The standard InChI is InChI=1S/C16H30N2OS/c1-6-13(4)18(9-10-19-5)15(14(17)7-2)16-12(3)8-11-20-16/h8,11,13-15H,6-7,9-10,17H2,1-5H3. The van der Waals surface area contributed by atoms with E-state index >= 15 is 0 Å². The summed E-state index contributed by atoms with van der Waals surface area (Å²) in [5.74, 6) is 0. The lowest BCUT2D eigenvalue weighted by Crippen LogP contribution is -2.46. The molecular weight excluding hydrogens is 268 g/mol. The van der Waals surface area contributed by atoms with E-state index in [4.69, 9.17) is 10.5 Å². The number of nitrogens with zero attached hydrogens (tertiary/aromatic N) is 1. The van der Waals surface area contributed by atoms with Crippen molar-refractivity contribution < 1.29 is 4.74 Å². The van der Waals surface area contributed by atoms with E-state index in [1.165, 1.54) is 10.4 Å². The molecule has 0 fully saturated rings. The molecule has 0 saturated carbocycles. The van der Waals surface area contributed by atoms with E-state index in [9.17, 15) is 0 Å². The maximum absolute atomic E-state index is 6.47. The normalized spacial score (nSPS) is 16.4. The Morgan fingerprint density at radius 1 is 1.35 bits per heavy atom. The first-order valence-electron chi connectivity index (χ1n) is 7.60. The van der Waals surface area contributed by atoms with E-state index in [1.54, 1.807) is 7.11 Å². The number of nitrogens with two attached hydrogens (primary N) is 1. The lowest BCUT2D eigenvalue weighted by atomic mass is 9.98. The minimum Gasteiger partial charge on any atom is -0.383 e. The molecule has 0 amide bonds. The number of thiophene rings is 1. The molecule has 116 valence electrons. The summed E-state index contributed by atoms with van der Waals surface area (Å²) in [4.78, 5) is 3.94. The highest BCUT2D eigenvalue weighted by atomic mass is 32.1. The molecule has 1 aromatic heterocycles. The number of methoxy groups -OCH3 is 1. The average molecular weight is 298 g/mol. The van der Waals surface area contributed by atoms with Gasteiger partial charge in [-0.1, -0.05) is 13.8 Å². The van der Waals surface area contributed by atoms with Crippen LogP contribution >= 0.6 is 11.3 Å². The predicted molar refractivity (Wildman–Crippen MR) is 88.4 cm³/mol. The van der Waals surface area contributed by atoms with Crippen LogP contribution in [0.25, 0.3) is 0 Å². The molecule has 0 aromatic carbocycles. The summed E-state index contributed by atoms with van der Waals surface area (Å²) in [6, 6.07) is 3.16. The molecule has 0 aliphatic rings. The van der Waals surface area contributed by atoms with Crippen LogP contribution in [0, 0.1) is 6.92 Å². The highest BCUT2D eigenvalue weighted by molar-refractivity contribution is 7.10. The van der Waals surface area contributed by atoms with E-state index in [1.807, 2.05) is 11.3 Å². The van der Waals surface area contributed by atoms with Gasteiger partial charge in [-0.3, -0.25) is 4.90 Å². The fraction of sp³-hybridized carbons (Fsp3) is 0.750. The molecule has 20 heavy (non-hydrogen) atoms. The summed E-state index contributed by atoms with van der Waals surface area (Å²) in [5.41, 5.74) is 7.82. The first kappa shape index (κ1) is 17.6. The van der Waals surface area contributed by atoms with Gasteiger partial charge in [0.05, 0.1) is 12.6 Å². The molecule has 0 bridgehead atoms. The van der Waals surface area contributed by atoms with Crippen molar-refractivity contribution in [3.8, 4) is 0 Å². The SMILES string of the molecule is CCC(N)C(c1sccc1C)N(CCOC)C(C)CC. The highest BCUT2D eigenvalue weighted by Crippen LogP contribution is 2.33. The van der Waals surface area contributed by atoms with Gasteiger partial charge in [0.15, 0.2) is 0 Å². The Morgan fingerprint density at radius 3 is 2.50 bits per heavy atom. The van der Waals surface area contributed by atoms with Crippen LogP contribution in [0.4, 0.5) is 0 Å².